The highest BCUT2D eigenvalue weighted by Crippen LogP contribution is 2.25. The molecule has 1 aromatic heterocycles. The second kappa shape index (κ2) is 7.50. The molecule has 0 aliphatic carbocycles. The number of hydrogen-bond acceptors (Lipinski definition) is 4. The van der Waals surface area contributed by atoms with E-state index in [9.17, 15) is 4.79 Å². The van der Waals surface area contributed by atoms with E-state index in [4.69, 9.17) is 4.74 Å². The summed E-state index contributed by atoms with van der Waals surface area (Å²) in [6.45, 7) is 6.99. The Morgan fingerprint density at radius 1 is 1.00 bits per heavy atom. The number of nitrogens with zero attached hydrogens (tertiary/aromatic N) is 3. The lowest BCUT2D eigenvalue weighted by Gasteiger charge is -2.36. The second-order valence-electron chi connectivity index (χ2n) is 7.31. The molecule has 2 heterocycles. The monoisotopic (exact) mass is 375 g/mol. The highest BCUT2D eigenvalue weighted by Gasteiger charge is 2.24. The van der Waals surface area contributed by atoms with Gasteiger partial charge in [0.25, 0.3) is 5.91 Å². The van der Waals surface area contributed by atoms with Gasteiger partial charge >= 0.3 is 0 Å². The molecule has 0 radical (unpaired) electrons. The number of benzene rings is 2. The number of rotatable bonds is 3. The van der Waals surface area contributed by atoms with E-state index in [2.05, 4.69) is 22.0 Å². The van der Waals surface area contributed by atoms with Crippen molar-refractivity contribution in [1.29, 1.82) is 0 Å². The van der Waals surface area contributed by atoms with Crippen molar-refractivity contribution in [3.8, 4) is 5.75 Å². The zero-order valence-corrected chi connectivity index (χ0v) is 16.6. The van der Waals surface area contributed by atoms with Crippen LogP contribution in [0.1, 0.15) is 21.6 Å². The average molecular weight is 375 g/mol. The van der Waals surface area contributed by atoms with Crippen molar-refractivity contribution in [2.24, 2.45) is 0 Å². The lowest BCUT2D eigenvalue weighted by atomic mass is 10.0. The first kappa shape index (κ1) is 18.3. The summed E-state index contributed by atoms with van der Waals surface area (Å²) in [7, 11) is 1.68. The SMILES string of the molecule is COc1cccc(N2CCN(C(=O)c3cc(C)nc4ccc(C)cc34)CC2)c1. The molecule has 1 fully saturated rings. The van der Waals surface area contributed by atoms with Crippen LogP contribution < -0.4 is 9.64 Å². The van der Waals surface area contributed by atoms with E-state index >= 15 is 0 Å². The minimum atomic E-state index is 0.0893. The van der Waals surface area contributed by atoms with Crippen LogP contribution in [0.4, 0.5) is 5.69 Å². The fraction of sp³-hybridized carbons (Fsp3) is 0.304. The molecule has 2 aromatic carbocycles. The van der Waals surface area contributed by atoms with Crippen LogP contribution in [0.15, 0.2) is 48.5 Å². The van der Waals surface area contributed by atoms with Crippen LogP contribution >= 0.6 is 0 Å². The standard InChI is InChI=1S/C23H25N3O2/c1-16-7-8-22-20(13-16)21(14-17(2)24-22)23(27)26-11-9-25(10-12-26)18-5-4-6-19(15-18)28-3/h4-8,13-15H,9-12H2,1-3H3. The van der Waals surface area contributed by atoms with E-state index in [1.165, 1.54) is 0 Å². The number of anilines is 1. The van der Waals surface area contributed by atoms with Crippen molar-refractivity contribution in [3.05, 3.63) is 65.4 Å². The van der Waals surface area contributed by atoms with Gasteiger partial charge in [-0.25, -0.2) is 0 Å². The number of hydrogen-bond donors (Lipinski definition) is 0. The van der Waals surface area contributed by atoms with Gasteiger partial charge in [0.2, 0.25) is 0 Å². The molecule has 0 atom stereocenters. The second-order valence-corrected chi connectivity index (χ2v) is 7.31. The quantitative estimate of drug-likeness (QED) is 0.698. The zero-order valence-electron chi connectivity index (χ0n) is 16.6. The largest absolute Gasteiger partial charge is 0.497 e. The van der Waals surface area contributed by atoms with Crippen LogP contribution in [0.5, 0.6) is 5.75 Å². The minimum Gasteiger partial charge on any atom is -0.497 e. The summed E-state index contributed by atoms with van der Waals surface area (Å²) in [5, 5.41) is 0.936. The number of methoxy groups -OCH3 is 1. The number of carbonyl (C=O) groups excluding carboxylic acids is 1. The summed E-state index contributed by atoms with van der Waals surface area (Å²) in [6.07, 6.45) is 0. The fourth-order valence-corrected chi connectivity index (χ4v) is 3.79. The first-order chi connectivity index (χ1) is 13.5. The van der Waals surface area contributed by atoms with E-state index in [0.29, 0.717) is 13.1 Å². The molecule has 144 valence electrons. The molecule has 28 heavy (non-hydrogen) atoms. The van der Waals surface area contributed by atoms with Crippen molar-refractivity contribution in [2.45, 2.75) is 13.8 Å². The van der Waals surface area contributed by atoms with E-state index in [0.717, 1.165) is 52.3 Å². The Morgan fingerprint density at radius 3 is 2.54 bits per heavy atom. The highest BCUT2D eigenvalue weighted by molar-refractivity contribution is 6.06. The number of carbonyl (C=O) groups is 1. The van der Waals surface area contributed by atoms with Gasteiger partial charge in [-0.1, -0.05) is 17.7 Å². The Morgan fingerprint density at radius 2 is 1.79 bits per heavy atom. The molecule has 1 aliphatic rings. The molecule has 5 heteroatoms. The van der Waals surface area contributed by atoms with E-state index in [1.807, 2.05) is 55.1 Å². The third-order valence-corrected chi connectivity index (χ3v) is 5.31. The van der Waals surface area contributed by atoms with Crippen LogP contribution in [-0.2, 0) is 0 Å². The number of pyridine rings is 1. The summed E-state index contributed by atoms with van der Waals surface area (Å²) in [5.41, 5.74) is 4.77. The molecule has 1 amide bonds. The molecule has 1 saturated heterocycles. The summed E-state index contributed by atoms with van der Waals surface area (Å²) in [6, 6.07) is 16.1. The Balaban J connectivity index is 1.54. The van der Waals surface area contributed by atoms with Crippen LogP contribution in [0.2, 0.25) is 0 Å². The number of aryl methyl sites for hydroxylation is 2. The normalized spacial score (nSPS) is 14.4. The molecular formula is C23H25N3O2. The average Bonchev–Trinajstić information content (AvgIpc) is 2.73. The van der Waals surface area contributed by atoms with Crippen LogP contribution in [-0.4, -0.2) is 49.1 Å². The minimum absolute atomic E-state index is 0.0893. The third kappa shape index (κ3) is 3.52. The molecule has 5 nitrogen and oxygen atoms in total. The van der Waals surface area contributed by atoms with Crippen molar-refractivity contribution >= 4 is 22.5 Å². The number of ether oxygens (including phenoxy) is 1. The van der Waals surface area contributed by atoms with Gasteiger partial charge < -0.3 is 14.5 Å². The number of fused-ring (bicyclic) bond motifs is 1. The van der Waals surface area contributed by atoms with Crippen LogP contribution in [0.3, 0.4) is 0 Å². The number of piperazine rings is 1. The molecular weight excluding hydrogens is 350 g/mol. The van der Waals surface area contributed by atoms with Gasteiger partial charge in [0.05, 0.1) is 18.2 Å². The van der Waals surface area contributed by atoms with Crippen molar-refractivity contribution in [1.82, 2.24) is 9.88 Å². The Bertz CT molecular complexity index is 1020. The van der Waals surface area contributed by atoms with E-state index in [1.54, 1.807) is 7.11 Å². The first-order valence-electron chi connectivity index (χ1n) is 9.61. The van der Waals surface area contributed by atoms with Gasteiger partial charge in [-0.05, 0) is 44.2 Å². The predicted octanol–water partition coefficient (Wildman–Crippen LogP) is 3.82. The Kier molecular flexibility index (Phi) is 4.90. The highest BCUT2D eigenvalue weighted by atomic mass is 16.5. The van der Waals surface area contributed by atoms with Gasteiger partial charge in [-0.2, -0.15) is 0 Å². The fourth-order valence-electron chi connectivity index (χ4n) is 3.79. The molecule has 0 N–H and O–H groups in total. The molecule has 3 aromatic rings. The molecule has 0 saturated carbocycles. The predicted molar refractivity (Wildman–Crippen MR) is 112 cm³/mol. The van der Waals surface area contributed by atoms with Crippen molar-refractivity contribution in [3.63, 3.8) is 0 Å². The summed E-state index contributed by atoms with van der Waals surface area (Å²) in [4.78, 5) is 22.1. The van der Waals surface area contributed by atoms with Gasteiger partial charge in [0, 0.05) is 49.0 Å². The van der Waals surface area contributed by atoms with Crippen molar-refractivity contribution in [2.75, 3.05) is 38.2 Å². The maximum absolute atomic E-state index is 13.3. The zero-order chi connectivity index (χ0) is 19.7. The van der Waals surface area contributed by atoms with Gasteiger partial charge in [0.15, 0.2) is 0 Å². The van der Waals surface area contributed by atoms with E-state index < -0.39 is 0 Å². The van der Waals surface area contributed by atoms with E-state index in [-0.39, 0.29) is 5.91 Å². The maximum Gasteiger partial charge on any atom is 0.254 e. The summed E-state index contributed by atoms with van der Waals surface area (Å²) >= 11 is 0. The molecule has 4 rings (SSSR count). The lowest BCUT2D eigenvalue weighted by Crippen LogP contribution is -2.48. The smallest absolute Gasteiger partial charge is 0.254 e. The van der Waals surface area contributed by atoms with Gasteiger partial charge in [0.1, 0.15) is 5.75 Å². The van der Waals surface area contributed by atoms with Gasteiger partial charge in [-0.15, -0.1) is 0 Å². The van der Waals surface area contributed by atoms with Crippen molar-refractivity contribution < 1.29 is 9.53 Å². The van der Waals surface area contributed by atoms with Gasteiger partial charge in [-0.3, -0.25) is 9.78 Å². The van der Waals surface area contributed by atoms with Crippen LogP contribution in [0.25, 0.3) is 10.9 Å². The van der Waals surface area contributed by atoms with Crippen LogP contribution in [0, 0.1) is 13.8 Å². The molecule has 0 bridgehead atoms. The summed E-state index contributed by atoms with van der Waals surface area (Å²) < 4.78 is 5.33. The lowest BCUT2D eigenvalue weighted by molar-refractivity contribution is 0.0748. The molecule has 1 aliphatic heterocycles. The Hall–Kier alpha value is -3.08. The maximum atomic E-state index is 13.3. The summed E-state index contributed by atoms with van der Waals surface area (Å²) in [5.74, 6) is 0.941. The topological polar surface area (TPSA) is 45.7 Å². The third-order valence-electron chi connectivity index (χ3n) is 5.31. The number of aromatic nitrogens is 1. The molecule has 0 unspecified atom stereocenters. The number of amides is 1. The molecule has 0 spiro atoms. The first-order valence-corrected chi connectivity index (χ1v) is 9.61. The Labute approximate surface area is 165 Å².